The normalized spacial score (nSPS) is 13.3. The number of guanidine groups is 1. The Morgan fingerprint density at radius 3 is 2.56 bits per heavy atom. The molecule has 1 unspecified atom stereocenters. The van der Waals surface area contributed by atoms with Gasteiger partial charge in [0.15, 0.2) is 5.96 Å². The SMILES string of the molecule is CCc1nc(CCNC(=NC)NC(C)CCCN(CC)CC)sc1C. The zero-order chi connectivity index (χ0) is 18.7. The van der Waals surface area contributed by atoms with Crippen LogP contribution in [0.25, 0.3) is 0 Å². The van der Waals surface area contributed by atoms with Crippen molar-refractivity contribution in [3.63, 3.8) is 0 Å². The maximum atomic E-state index is 4.70. The van der Waals surface area contributed by atoms with Crippen molar-refractivity contribution >= 4 is 17.3 Å². The van der Waals surface area contributed by atoms with Crippen molar-refractivity contribution in [2.75, 3.05) is 33.2 Å². The Kier molecular flexibility index (Phi) is 10.7. The predicted octanol–water partition coefficient (Wildman–Crippen LogP) is 3.23. The summed E-state index contributed by atoms with van der Waals surface area (Å²) in [6.07, 6.45) is 4.33. The quantitative estimate of drug-likeness (QED) is 0.466. The van der Waals surface area contributed by atoms with Crippen LogP contribution in [0, 0.1) is 6.92 Å². The van der Waals surface area contributed by atoms with Crippen LogP contribution >= 0.6 is 11.3 Å². The van der Waals surface area contributed by atoms with Crippen molar-refractivity contribution in [2.24, 2.45) is 4.99 Å². The van der Waals surface area contributed by atoms with Gasteiger partial charge in [0.1, 0.15) is 0 Å². The van der Waals surface area contributed by atoms with Crippen molar-refractivity contribution in [1.29, 1.82) is 0 Å². The Morgan fingerprint density at radius 2 is 2.00 bits per heavy atom. The molecule has 2 N–H and O–H groups in total. The smallest absolute Gasteiger partial charge is 0.191 e. The summed E-state index contributed by atoms with van der Waals surface area (Å²) < 4.78 is 0. The summed E-state index contributed by atoms with van der Waals surface area (Å²) in [5, 5.41) is 8.12. The zero-order valence-corrected chi connectivity index (χ0v) is 17.8. The topological polar surface area (TPSA) is 52.6 Å². The predicted molar refractivity (Wildman–Crippen MR) is 111 cm³/mol. The second-order valence-corrected chi connectivity index (χ2v) is 7.72. The van der Waals surface area contributed by atoms with E-state index in [9.17, 15) is 0 Å². The van der Waals surface area contributed by atoms with Crippen molar-refractivity contribution in [2.45, 2.75) is 66.3 Å². The summed E-state index contributed by atoms with van der Waals surface area (Å²) in [7, 11) is 1.83. The van der Waals surface area contributed by atoms with Crippen molar-refractivity contribution in [3.05, 3.63) is 15.6 Å². The Morgan fingerprint density at radius 1 is 1.28 bits per heavy atom. The van der Waals surface area contributed by atoms with E-state index in [2.05, 4.69) is 55.1 Å². The molecule has 25 heavy (non-hydrogen) atoms. The fourth-order valence-electron chi connectivity index (χ4n) is 2.87. The van der Waals surface area contributed by atoms with Gasteiger partial charge in [0.25, 0.3) is 0 Å². The van der Waals surface area contributed by atoms with Gasteiger partial charge in [-0.2, -0.15) is 0 Å². The third kappa shape index (κ3) is 8.19. The first-order valence-corrected chi connectivity index (χ1v) is 10.5. The minimum absolute atomic E-state index is 0.426. The van der Waals surface area contributed by atoms with E-state index in [0.29, 0.717) is 6.04 Å². The van der Waals surface area contributed by atoms with Crippen LogP contribution in [0.4, 0.5) is 0 Å². The Balaban J connectivity index is 2.29. The molecule has 5 nitrogen and oxygen atoms in total. The minimum Gasteiger partial charge on any atom is -0.356 e. The molecule has 6 heteroatoms. The van der Waals surface area contributed by atoms with Crippen molar-refractivity contribution in [3.8, 4) is 0 Å². The summed E-state index contributed by atoms with van der Waals surface area (Å²) in [5.41, 5.74) is 1.24. The lowest BCUT2D eigenvalue weighted by Gasteiger charge is -2.21. The maximum absolute atomic E-state index is 4.70. The van der Waals surface area contributed by atoms with Crippen LogP contribution < -0.4 is 10.6 Å². The number of aromatic nitrogens is 1. The lowest BCUT2D eigenvalue weighted by Crippen LogP contribution is -2.43. The van der Waals surface area contributed by atoms with E-state index in [-0.39, 0.29) is 0 Å². The lowest BCUT2D eigenvalue weighted by molar-refractivity contribution is 0.292. The van der Waals surface area contributed by atoms with E-state index in [4.69, 9.17) is 4.98 Å². The van der Waals surface area contributed by atoms with Gasteiger partial charge in [-0.15, -0.1) is 11.3 Å². The highest BCUT2D eigenvalue weighted by molar-refractivity contribution is 7.11. The fraction of sp³-hybridized carbons (Fsp3) is 0.789. The zero-order valence-electron chi connectivity index (χ0n) is 17.0. The van der Waals surface area contributed by atoms with E-state index >= 15 is 0 Å². The maximum Gasteiger partial charge on any atom is 0.191 e. The van der Waals surface area contributed by atoms with Gasteiger partial charge in [-0.3, -0.25) is 4.99 Å². The standard InChI is InChI=1S/C19H37N5S/c1-7-17-16(5)25-18(23-17)12-13-21-19(20-6)22-15(4)11-10-14-24(8-2)9-3/h15H,7-14H2,1-6H3,(H2,20,21,22). The van der Waals surface area contributed by atoms with E-state index in [1.807, 2.05) is 18.4 Å². The molecule has 1 atom stereocenters. The number of nitrogens with one attached hydrogen (secondary N) is 2. The third-order valence-corrected chi connectivity index (χ3v) is 5.59. The summed E-state index contributed by atoms with van der Waals surface area (Å²) in [6.45, 7) is 15.3. The van der Waals surface area contributed by atoms with Crippen LogP contribution in [0.1, 0.15) is 56.1 Å². The molecule has 0 aliphatic heterocycles. The summed E-state index contributed by atoms with van der Waals surface area (Å²) in [5.74, 6) is 0.888. The number of hydrogen-bond donors (Lipinski definition) is 2. The molecule has 0 fully saturated rings. The van der Waals surface area contributed by atoms with Crippen LogP contribution in [0.15, 0.2) is 4.99 Å². The highest BCUT2D eigenvalue weighted by atomic mass is 32.1. The van der Waals surface area contributed by atoms with Crippen molar-refractivity contribution < 1.29 is 0 Å². The first-order chi connectivity index (χ1) is 12.0. The van der Waals surface area contributed by atoms with Crippen molar-refractivity contribution in [1.82, 2.24) is 20.5 Å². The molecule has 1 aromatic heterocycles. The third-order valence-electron chi connectivity index (χ3n) is 4.52. The largest absolute Gasteiger partial charge is 0.356 e. The first kappa shape index (κ1) is 21.9. The molecule has 0 saturated carbocycles. The molecular weight excluding hydrogens is 330 g/mol. The summed E-state index contributed by atoms with van der Waals surface area (Å²) in [4.78, 5) is 12.9. The van der Waals surface area contributed by atoms with Gasteiger partial charge in [-0.1, -0.05) is 20.8 Å². The number of rotatable bonds is 11. The molecule has 144 valence electrons. The molecule has 1 rings (SSSR count). The number of hydrogen-bond acceptors (Lipinski definition) is 4. The summed E-state index contributed by atoms with van der Waals surface area (Å²) >= 11 is 1.81. The van der Waals surface area contributed by atoms with Gasteiger partial charge >= 0.3 is 0 Å². The monoisotopic (exact) mass is 367 g/mol. The molecule has 0 aliphatic carbocycles. The van der Waals surface area contributed by atoms with Crippen LogP contribution in [-0.4, -0.2) is 55.1 Å². The molecule has 0 saturated heterocycles. The molecule has 0 amide bonds. The average Bonchev–Trinajstić information content (AvgIpc) is 2.97. The van der Waals surface area contributed by atoms with E-state index in [1.54, 1.807) is 0 Å². The number of aryl methyl sites for hydroxylation is 2. The van der Waals surface area contributed by atoms with Gasteiger partial charge < -0.3 is 15.5 Å². The van der Waals surface area contributed by atoms with Crippen LogP contribution in [0.5, 0.6) is 0 Å². The lowest BCUT2D eigenvalue weighted by atomic mass is 10.2. The fourth-order valence-corrected chi connectivity index (χ4v) is 3.89. The molecule has 1 aromatic rings. The van der Waals surface area contributed by atoms with Gasteiger partial charge in [-0.05, 0) is 52.7 Å². The Labute approximate surface area is 158 Å². The second-order valence-electron chi connectivity index (χ2n) is 6.43. The molecule has 0 aromatic carbocycles. The van der Waals surface area contributed by atoms with Crippen LogP contribution in [0.3, 0.4) is 0 Å². The Bertz CT molecular complexity index is 508. The van der Waals surface area contributed by atoms with Gasteiger partial charge in [0.2, 0.25) is 0 Å². The second kappa shape index (κ2) is 12.3. The molecule has 1 heterocycles. The summed E-state index contributed by atoms with van der Waals surface area (Å²) in [6, 6.07) is 0.426. The van der Waals surface area contributed by atoms with Gasteiger partial charge in [0, 0.05) is 30.9 Å². The van der Waals surface area contributed by atoms with E-state index < -0.39 is 0 Å². The highest BCUT2D eigenvalue weighted by Crippen LogP contribution is 2.17. The molecular formula is C19H37N5S. The van der Waals surface area contributed by atoms with Gasteiger partial charge in [-0.25, -0.2) is 4.98 Å². The molecule has 0 aliphatic rings. The molecule has 0 radical (unpaired) electrons. The van der Waals surface area contributed by atoms with Gasteiger partial charge in [0.05, 0.1) is 10.7 Å². The van der Waals surface area contributed by atoms with Crippen LogP contribution in [-0.2, 0) is 12.8 Å². The van der Waals surface area contributed by atoms with Crippen LogP contribution in [0.2, 0.25) is 0 Å². The average molecular weight is 368 g/mol. The number of nitrogens with zero attached hydrogens (tertiary/aromatic N) is 3. The Hall–Kier alpha value is -1.14. The molecule has 0 bridgehead atoms. The minimum atomic E-state index is 0.426. The van der Waals surface area contributed by atoms with E-state index in [1.165, 1.54) is 28.5 Å². The number of thiazole rings is 1. The molecule has 0 spiro atoms. The van der Waals surface area contributed by atoms with E-state index in [0.717, 1.165) is 44.9 Å². The highest BCUT2D eigenvalue weighted by Gasteiger charge is 2.08. The first-order valence-electron chi connectivity index (χ1n) is 9.68. The number of aliphatic imine (C=N–C) groups is 1.